The number of phenolic OH excluding ortho intramolecular Hbond substituents is 1. The summed E-state index contributed by atoms with van der Waals surface area (Å²) < 4.78 is 11.9. The molecule has 1 heterocycles. The smallest absolute Gasteiger partial charge is 0.357 e. The van der Waals surface area contributed by atoms with Crippen molar-refractivity contribution in [3.05, 3.63) is 71.0 Å². The Labute approximate surface area is 172 Å². The number of carbonyl (C=O) groups excluding carboxylic acids is 2. The fourth-order valence-corrected chi connectivity index (χ4v) is 3.02. The molecule has 8 nitrogen and oxygen atoms in total. The van der Waals surface area contributed by atoms with Gasteiger partial charge in [0.25, 0.3) is 0 Å². The Kier molecular flexibility index (Phi) is 5.74. The summed E-state index contributed by atoms with van der Waals surface area (Å²) in [5, 5.41) is 20.2. The summed E-state index contributed by atoms with van der Waals surface area (Å²) in [5.41, 5.74) is 6.61. The van der Waals surface area contributed by atoms with E-state index in [1.165, 1.54) is 36.9 Å². The van der Waals surface area contributed by atoms with Crippen LogP contribution in [0.15, 0.2) is 48.7 Å². The molecule has 3 aromatic rings. The van der Waals surface area contributed by atoms with Crippen molar-refractivity contribution in [3.63, 3.8) is 0 Å². The third kappa shape index (κ3) is 3.69. The molecule has 0 saturated heterocycles. The lowest BCUT2D eigenvalue weighted by Gasteiger charge is -2.17. The van der Waals surface area contributed by atoms with Crippen LogP contribution in [0.25, 0.3) is 5.69 Å². The van der Waals surface area contributed by atoms with Crippen LogP contribution in [0.1, 0.15) is 38.9 Å². The highest BCUT2D eigenvalue weighted by molar-refractivity contribution is 6.00. The van der Waals surface area contributed by atoms with Crippen molar-refractivity contribution in [2.75, 3.05) is 12.8 Å². The predicted octanol–water partition coefficient (Wildman–Crippen LogP) is 3.20. The number of nitriles is 1. The standard InChI is InChI=1S/C22H19N3O5/c1-13(26)16-8-9-17(30-12-14-6-4-3-5-7-14)19(21(16)27)25-11-15(10-23)18(24)20(25)22(28)29-2/h3-9,11,27H,12,24H2,1-2H3. The highest BCUT2D eigenvalue weighted by atomic mass is 16.5. The van der Waals surface area contributed by atoms with Gasteiger partial charge < -0.3 is 24.9 Å². The van der Waals surface area contributed by atoms with E-state index in [-0.39, 0.29) is 46.3 Å². The van der Waals surface area contributed by atoms with Crippen LogP contribution in [0.4, 0.5) is 5.69 Å². The SMILES string of the molecule is COC(=O)c1c(N)c(C#N)cn1-c1c(OCc2ccccc2)ccc(C(C)=O)c1O. The molecule has 0 aliphatic rings. The average Bonchev–Trinajstić information content (AvgIpc) is 3.07. The number of nitrogens with two attached hydrogens (primary N) is 1. The molecule has 0 radical (unpaired) electrons. The van der Waals surface area contributed by atoms with Gasteiger partial charge in [-0.15, -0.1) is 0 Å². The summed E-state index contributed by atoms with van der Waals surface area (Å²) >= 11 is 0. The Bertz CT molecular complexity index is 1160. The number of anilines is 1. The largest absolute Gasteiger partial charge is 0.505 e. The number of esters is 1. The number of methoxy groups -OCH3 is 1. The number of hydrogen-bond donors (Lipinski definition) is 2. The number of aromatic hydroxyl groups is 1. The molecule has 152 valence electrons. The topological polar surface area (TPSA) is 128 Å². The molecular formula is C22H19N3O5. The number of carbonyl (C=O) groups is 2. The molecule has 1 aromatic heterocycles. The second-order valence-electron chi connectivity index (χ2n) is 6.42. The molecule has 8 heteroatoms. The molecule has 0 saturated carbocycles. The van der Waals surface area contributed by atoms with Gasteiger partial charge in [0.15, 0.2) is 17.2 Å². The maximum absolute atomic E-state index is 12.4. The fourth-order valence-electron chi connectivity index (χ4n) is 3.02. The van der Waals surface area contributed by atoms with E-state index in [4.69, 9.17) is 15.2 Å². The quantitative estimate of drug-likeness (QED) is 0.476. The molecule has 0 aliphatic heterocycles. The molecule has 2 aromatic carbocycles. The first-order valence-electron chi connectivity index (χ1n) is 8.92. The Morgan fingerprint density at radius 2 is 1.90 bits per heavy atom. The van der Waals surface area contributed by atoms with E-state index in [2.05, 4.69) is 0 Å². The monoisotopic (exact) mass is 405 g/mol. The minimum Gasteiger partial charge on any atom is -0.505 e. The van der Waals surface area contributed by atoms with Crippen LogP contribution >= 0.6 is 0 Å². The summed E-state index contributed by atoms with van der Waals surface area (Å²) in [6.45, 7) is 1.47. The van der Waals surface area contributed by atoms with Crippen molar-refractivity contribution in [2.24, 2.45) is 0 Å². The number of nitrogen functional groups attached to an aromatic ring is 1. The summed E-state index contributed by atoms with van der Waals surface area (Å²) in [4.78, 5) is 24.3. The van der Waals surface area contributed by atoms with Crippen LogP contribution in [-0.2, 0) is 11.3 Å². The van der Waals surface area contributed by atoms with E-state index < -0.39 is 11.7 Å². The minimum absolute atomic E-state index is 0.00670. The molecule has 0 fully saturated rings. The van der Waals surface area contributed by atoms with Gasteiger partial charge in [0, 0.05) is 6.20 Å². The molecule has 0 aliphatic carbocycles. The van der Waals surface area contributed by atoms with Crippen molar-refractivity contribution in [3.8, 4) is 23.3 Å². The van der Waals surface area contributed by atoms with Crippen LogP contribution in [0, 0.1) is 11.3 Å². The van der Waals surface area contributed by atoms with Gasteiger partial charge in [-0.1, -0.05) is 30.3 Å². The van der Waals surface area contributed by atoms with E-state index >= 15 is 0 Å². The number of ketones is 1. The Morgan fingerprint density at radius 3 is 2.50 bits per heavy atom. The highest BCUT2D eigenvalue weighted by Gasteiger charge is 2.27. The summed E-state index contributed by atoms with van der Waals surface area (Å²) in [7, 11) is 1.17. The van der Waals surface area contributed by atoms with Gasteiger partial charge in [-0.3, -0.25) is 4.79 Å². The number of Topliss-reactive ketones (excluding diaryl/α,β-unsaturated/α-hetero) is 1. The van der Waals surface area contributed by atoms with E-state index in [0.29, 0.717) is 0 Å². The second kappa shape index (κ2) is 8.41. The third-order valence-electron chi connectivity index (χ3n) is 4.52. The fraction of sp³-hybridized carbons (Fsp3) is 0.136. The third-order valence-corrected chi connectivity index (χ3v) is 4.52. The highest BCUT2D eigenvalue weighted by Crippen LogP contribution is 2.39. The number of ether oxygens (including phenoxy) is 2. The Hall–Kier alpha value is -4.25. The molecule has 30 heavy (non-hydrogen) atoms. The van der Waals surface area contributed by atoms with Crippen LogP contribution in [0.5, 0.6) is 11.5 Å². The van der Waals surface area contributed by atoms with E-state index in [9.17, 15) is 20.0 Å². The van der Waals surface area contributed by atoms with Crippen LogP contribution in [0.3, 0.4) is 0 Å². The predicted molar refractivity (Wildman–Crippen MR) is 109 cm³/mol. The molecule has 0 amide bonds. The number of aromatic nitrogens is 1. The van der Waals surface area contributed by atoms with Gasteiger partial charge in [0.05, 0.1) is 23.9 Å². The zero-order chi connectivity index (χ0) is 21.8. The van der Waals surface area contributed by atoms with Crippen molar-refractivity contribution in [1.29, 1.82) is 5.26 Å². The zero-order valence-electron chi connectivity index (χ0n) is 16.4. The van der Waals surface area contributed by atoms with Gasteiger partial charge in [-0.25, -0.2) is 4.79 Å². The molecular weight excluding hydrogens is 386 g/mol. The molecule has 3 rings (SSSR count). The van der Waals surface area contributed by atoms with Crippen LogP contribution in [0.2, 0.25) is 0 Å². The lowest BCUT2D eigenvalue weighted by atomic mass is 10.1. The number of nitrogens with zero attached hydrogens (tertiary/aromatic N) is 2. The van der Waals surface area contributed by atoms with Gasteiger partial charge in [-0.05, 0) is 24.6 Å². The second-order valence-corrected chi connectivity index (χ2v) is 6.42. The maximum Gasteiger partial charge on any atom is 0.357 e. The molecule has 0 spiro atoms. The Balaban J connectivity index is 2.22. The maximum atomic E-state index is 12.4. The first-order chi connectivity index (χ1) is 14.4. The van der Waals surface area contributed by atoms with Crippen LogP contribution < -0.4 is 10.5 Å². The van der Waals surface area contributed by atoms with Crippen molar-refractivity contribution in [1.82, 2.24) is 4.57 Å². The number of phenols is 1. The number of rotatable bonds is 6. The molecule has 0 bridgehead atoms. The average molecular weight is 405 g/mol. The summed E-state index contributed by atoms with van der Waals surface area (Å²) in [5.74, 6) is -1.41. The Morgan fingerprint density at radius 1 is 1.20 bits per heavy atom. The summed E-state index contributed by atoms with van der Waals surface area (Å²) in [6.07, 6.45) is 1.29. The van der Waals surface area contributed by atoms with Gasteiger partial charge in [-0.2, -0.15) is 5.26 Å². The van der Waals surface area contributed by atoms with E-state index in [1.54, 1.807) is 0 Å². The normalized spacial score (nSPS) is 10.3. The molecule has 0 unspecified atom stereocenters. The molecule has 0 atom stereocenters. The molecule has 3 N–H and O–H groups in total. The van der Waals surface area contributed by atoms with Gasteiger partial charge in [0.2, 0.25) is 0 Å². The van der Waals surface area contributed by atoms with Gasteiger partial charge >= 0.3 is 5.97 Å². The first-order valence-corrected chi connectivity index (χ1v) is 8.92. The number of benzene rings is 2. The lowest BCUT2D eigenvalue weighted by molar-refractivity contribution is 0.0592. The van der Waals surface area contributed by atoms with Crippen molar-refractivity contribution < 1.29 is 24.2 Å². The lowest BCUT2D eigenvalue weighted by Crippen LogP contribution is -2.13. The van der Waals surface area contributed by atoms with Crippen molar-refractivity contribution >= 4 is 17.4 Å². The van der Waals surface area contributed by atoms with Gasteiger partial charge in [0.1, 0.15) is 24.1 Å². The number of hydrogen-bond acceptors (Lipinski definition) is 7. The van der Waals surface area contributed by atoms with Crippen LogP contribution in [-0.4, -0.2) is 28.5 Å². The first kappa shape index (κ1) is 20.5. The van der Waals surface area contributed by atoms with Crippen molar-refractivity contribution in [2.45, 2.75) is 13.5 Å². The zero-order valence-corrected chi connectivity index (χ0v) is 16.4. The van der Waals surface area contributed by atoms with E-state index in [1.807, 2.05) is 36.4 Å². The van der Waals surface area contributed by atoms with E-state index in [0.717, 1.165) is 5.56 Å². The summed E-state index contributed by atoms with van der Waals surface area (Å²) in [6, 6.07) is 14.2. The minimum atomic E-state index is -0.810.